The molecule has 0 aliphatic heterocycles. The second-order valence-electron chi connectivity index (χ2n) is 19.2. The van der Waals surface area contributed by atoms with Gasteiger partial charge >= 0.3 is 11.9 Å². The Hall–Kier alpha value is -2.32. The van der Waals surface area contributed by atoms with E-state index in [1.165, 1.54) is 128 Å². The summed E-state index contributed by atoms with van der Waals surface area (Å²) in [6.07, 6.45) is 40.3. The first-order valence-corrected chi connectivity index (χ1v) is 27.9. The van der Waals surface area contributed by atoms with Gasteiger partial charge in [-0.25, -0.2) is 0 Å². The first kappa shape index (κ1) is 60.7. The van der Waals surface area contributed by atoms with Gasteiger partial charge in [-0.3, -0.25) is 14.4 Å². The van der Waals surface area contributed by atoms with Crippen LogP contribution in [-0.2, 0) is 19.1 Å². The van der Waals surface area contributed by atoms with Crippen molar-refractivity contribution < 1.29 is 29.0 Å². The second kappa shape index (κ2) is 44.2. The zero-order chi connectivity index (χ0) is 47.4. The lowest BCUT2D eigenvalue weighted by atomic mass is 9.90. The molecule has 65 heavy (non-hydrogen) atoms. The molecule has 0 saturated carbocycles. The smallest absolute Gasteiger partial charge is 0.308 e. The number of hydrogen-bond donors (Lipinski definition) is 2. The van der Waals surface area contributed by atoms with E-state index in [0.717, 1.165) is 122 Å². The van der Waals surface area contributed by atoms with Crippen molar-refractivity contribution in [3.05, 3.63) is 28.8 Å². The number of benzene rings is 1. The Morgan fingerprint density at radius 2 is 1.00 bits per heavy atom. The Balaban J connectivity index is 2.44. The van der Waals surface area contributed by atoms with Crippen LogP contribution in [0.3, 0.4) is 0 Å². The van der Waals surface area contributed by atoms with Gasteiger partial charge in [-0.1, -0.05) is 206 Å². The van der Waals surface area contributed by atoms with Crippen LogP contribution in [0.25, 0.3) is 0 Å². The number of rotatable bonds is 47. The average molecular weight is 934 g/mol. The summed E-state index contributed by atoms with van der Waals surface area (Å²) in [7, 11) is 0. The van der Waals surface area contributed by atoms with Crippen LogP contribution < -0.4 is 5.32 Å². The minimum atomic E-state index is -0.185. The van der Waals surface area contributed by atoms with Crippen LogP contribution >= 0.6 is 11.6 Å². The molecule has 9 heteroatoms. The highest BCUT2D eigenvalue weighted by atomic mass is 35.5. The van der Waals surface area contributed by atoms with Crippen LogP contribution in [0.4, 0.5) is 0 Å². The molecule has 1 aromatic carbocycles. The van der Waals surface area contributed by atoms with Crippen molar-refractivity contribution in [2.24, 2.45) is 11.8 Å². The fourth-order valence-corrected chi connectivity index (χ4v) is 9.10. The van der Waals surface area contributed by atoms with E-state index in [1.807, 2.05) is 0 Å². The number of esters is 2. The number of nitrogens with one attached hydrogen (secondary N) is 1. The number of phenolic OH excluding ortho intramolecular Hbond substituents is 1. The number of nitrogens with zero attached hydrogens (tertiary/aromatic N) is 1. The number of amides is 1. The standard InChI is InChI=1S/C56H101ClN2O6/c1-5-9-13-17-20-28-37-50(36-27-16-12-8-4)56(63)65-47-32-24-19-22-30-44-59(45-33-42-58-55(62)51-39-40-53(60)52(57)48-51)43-29-21-18-23-31-46-64-54(61)41-38-49(34-25-14-10-6-2)35-26-15-11-7-3/h39-40,48-50,60H,5-38,41-47H2,1-4H3,(H,58,62). The quantitative estimate of drug-likeness (QED) is 0.0495. The van der Waals surface area contributed by atoms with Crippen molar-refractivity contribution in [3.63, 3.8) is 0 Å². The molecule has 1 rings (SSSR count). The van der Waals surface area contributed by atoms with Crippen molar-refractivity contribution >= 4 is 29.4 Å². The summed E-state index contributed by atoms with van der Waals surface area (Å²) in [4.78, 5) is 40.9. The number of hydrogen-bond acceptors (Lipinski definition) is 7. The molecule has 0 aliphatic carbocycles. The molecule has 0 spiro atoms. The number of carbonyl (C=O) groups excluding carboxylic acids is 3. The highest BCUT2D eigenvalue weighted by molar-refractivity contribution is 6.32. The molecule has 0 radical (unpaired) electrons. The minimum Gasteiger partial charge on any atom is -0.506 e. The minimum absolute atomic E-state index is 0.0185. The fraction of sp³-hybridized carbons (Fsp3) is 0.839. The van der Waals surface area contributed by atoms with Crippen molar-refractivity contribution in [2.45, 2.75) is 252 Å². The number of halogens is 1. The van der Waals surface area contributed by atoms with E-state index in [2.05, 4.69) is 37.9 Å². The second-order valence-corrected chi connectivity index (χ2v) is 19.7. The van der Waals surface area contributed by atoms with E-state index in [-0.39, 0.29) is 34.5 Å². The normalized spacial score (nSPS) is 12.0. The van der Waals surface area contributed by atoms with Gasteiger partial charge in [-0.15, -0.1) is 0 Å². The predicted octanol–water partition coefficient (Wildman–Crippen LogP) is 16.1. The predicted molar refractivity (Wildman–Crippen MR) is 275 cm³/mol. The van der Waals surface area contributed by atoms with Crippen LogP contribution in [0.1, 0.15) is 263 Å². The molecule has 0 saturated heterocycles. The number of carbonyl (C=O) groups is 3. The van der Waals surface area contributed by atoms with Gasteiger partial charge in [0.25, 0.3) is 5.91 Å². The summed E-state index contributed by atoms with van der Waals surface area (Å²) in [6.45, 7) is 13.6. The zero-order valence-electron chi connectivity index (χ0n) is 42.7. The Morgan fingerprint density at radius 3 is 1.54 bits per heavy atom. The Labute approximate surface area is 405 Å². The van der Waals surface area contributed by atoms with Crippen LogP contribution in [0.15, 0.2) is 18.2 Å². The van der Waals surface area contributed by atoms with Gasteiger partial charge < -0.3 is 24.8 Å². The van der Waals surface area contributed by atoms with Gasteiger partial charge in [0.1, 0.15) is 5.75 Å². The van der Waals surface area contributed by atoms with Gasteiger partial charge in [0.05, 0.1) is 24.2 Å². The molecule has 0 aliphatic rings. The summed E-state index contributed by atoms with van der Waals surface area (Å²) in [5.41, 5.74) is 0.444. The molecule has 1 aromatic rings. The summed E-state index contributed by atoms with van der Waals surface area (Å²) in [6, 6.07) is 4.53. The fourth-order valence-electron chi connectivity index (χ4n) is 8.92. The maximum Gasteiger partial charge on any atom is 0.308 e. The van der Waals surface area contributed by atoms with E-state index >= 15 is 0 Å². The number of aromatic hydroxyl groups is 1. The lowest BCUT2D eigenvalue weighted by Crippen LogP contribution is -2.31. The van der Waals surface area contributed by atoms with E-state index in [0.29, 0.717) is 37.7 Å². The first-order chi connectivity index (χ1) is 31.7. The average Bonchev–Trinajstić information content (AvgIpc) is 3.30. The van der Waals surface area contributed by atoms with Gasteiger partial charge in [0.15, 0.2) is 0 Å². The maximum atomic E-state index is 13.1. The van der Waals surface area contributed by atoms with Gasteiger partial charge in [-0.2, -0.15) is 0 Å². The van der Waals surface area contributed by atoms with E-state index in [1.54, 1.807) is 6.07 Å². The summed E-state index contributed by atoms with van der Waals surface area (Å²) < 4.78 is 11.5. The number of phenols is 1. The van der Waals surface area contributed by atoms with Crippen molar-refractivity contribution in [1.29, 1.82) is 0 Å². The molecule has 8 nitrogen and oxygen atoms in total. The number of ether oxygens (including phenoxy) is 2. The third-order valence-corrected chi connectivity index (χ3v) is 13.5. The Bertz CT molecular complexity index is 1270. The topological polar surface area (TPSA) is 105 Å². The molecule has 0 fully saturated rings. The van der Waals surface area contributed by atoms with Crippen LogP contribution in [-0.4, -0.2) is 67.2 Å². The van der Waals surface area contributed by atoms with E-state index in [4.69, 9.17) is 21.1 Å². The molecule has 1 unspecified atom stereocenters. The maximum absolute atomic E-state index is 13.1. The third kappa shape index (κ3) is 35.5. The molecule has 2 N–H and O–H groups in total. The Kier molecular flexibility index (Phi) is 41.3. The van der Waals surface area contributed by atoms with Crippen LogP contribution in [0.5, 0.6) is 5.75 Å². The first-order valence-electron chi connectivity index (χ1n) is 27.6. The van der Waals surface area contributed by atoms with Crippen LogP contribution in [0, 0.1) is 11.8 Å². The van der Waals surface area contributed by atoms with Gasteiger partial charge in [-0.05, 0) is 95.1 Å². The SMILES string of the molecule is CCCCCCCCC(CCCCCC)C(=O)OCCCCCCCN(CCCCCCCOC(=O)CCC(CCCCCC)CCCCCC)CCCNC(=O)c1ccc(O)c(Cl)c1. The van der Waals surface area contributed by atoms with Gasteiger partial charge in [0, 0.05) is 18.5 Å². The molecule has 0 bridgehead atoms. The molecule has 378 valence electrons. The van der Waals surface area contributed by atoms with Crippen molar-refractivity contribution in [1.82, 2.24) is 10.2 Å². The van der Waals surface area contributed by atoms with Gasteiger partial charge in [0.2, 0.25) is 0 Å². The van der Waals surface area contributed by atoms with Crippen LogP contribution in [0.2, 0.25) is 5.02 Å². The lowest BCUT2D eigenvalue weighted by Gasteiger charge is -2.22. The molecule has 0 heterocycles. The highest BCUT2D eigenvalue weighted by Crippen LogP contribution is 2.25. The Morgan fingerprint density at radius 1 is 0.554 bits per heavy atom. The summed E-state index contributed by atoms with van der Waals surface area (Å²) >= 11 is 6.03. The molecular formula is C56H101ClN2O6. The lowest BCUT2D eigenvalue weighted by molar-refractivity contribution is -0.149. The van der Waals surface area contributed by atoms with E-state index in [9.17, 15) is 19.5 Å². The molecule has 0 aromatic heterocycles. The largest absolute Gasteiger partial charge is 0.506 e. The highest BCUT2D eigenvalue weighted by Gasteiger charge is 2.19. The van der Waals surface area contributed by atoms with Crippen molar-refractivity contribution in [3.8, 4) is 5.75 Å². The summed E-state index contributed by atoms with van der Waals surface area (Å²) in [5.74, 6) is 0.523. The third-order valence-electron chi connectivity index (χ3n) is 13.2. The van der Waals surface area contributed by atoms with E-state index < -0.39 is 0 Å². The zero-order valence-corrected chi connectivity index (χ0v) is 43.4. The van der Waals surface area contributed by atoms with Crippen molar-refractivity contribution in [2.75, 3.05) is 39.4 Å². The molecular weight excluding hydrogens is 832 g/mol. The number of unbranched alkanes of at least 4 members (excludes halogenated alkanes) is 22. The summed E-state index contributed by atoms with van der Waals surface area (Å²) in [5, 5.41) is 12.9. The monoisotopic (exact) mass is 933 g/mol. The molecule has 1 amide bonds. The molecule has 1 atom stereocenters.